The number of halogens is 4. The number of para-hydroxylation sites is 1. The number of ether oxygens (including phenoxy) is 2. The van der Waals surface area contributed by atoms with Crippen LogP contribution in [0.15, 0.2) is 36.4 Å². The van der Waals surface area contributed by atoms with E-state index in [-0.39, 0.29) is 54.3 Å². The van der Waals surface area contributed by atoms with Crippen molar-refractivity contribution in [2.24, 2.45) is 0 Å². The number of amides is 4. The SMILES string of the molecule is CN(C)CCCOC(O)[C@@H]1CCCN1C1CCN(C(=O)[C@@H](Cc2cc(Cl)c(N)c(C(F)(F)F)c2)OC(=O)N2CCC(N3CCc4ccccc4NC3=O)CC2)CC1. The Labute approximate surface area is 337 Å². The average Bonchev–Trinajstić information content (AvgIpc) is 3.61. The number of hydrogen-bond donors (Lipinski definition) is 3. The number of rotatable bonds is 12. The third-order valence-corrected chi connectivity index (χ3v) is 12.0. The van der Waals surface area contributed by atoms with Gasteiger partial charge in [-0.1, -0.05) is 29.8 Å². The first-order chi connectivity index (χ1) is 27.2. The van der Waals surface area contributed by atoms with Crippen molar-refractivity contribution in [1.82, 2.24) is 24.5 Å². The summed E-state index contributed by atoms with van der Waals surface area (Å²) in [7, 11) is 3.97. The van der Waals surface area contributed by atoms with Crippen LogP contribution in [0, 0.1) is 0 Å². The lowest BCUT2D eigenvalue weighted by Crippen LogP contribution is -2.54. The number of fused-ring (bicyclic) bond motifs is 1. The summed E-state index contributed by atoms with van der Waals surface area (Å²) in [6.45, 7) is 3.83. The average molecular weight is 822 g/mol. The van der Waals surface area contributed by atoms with Crippen LogP contribution in [0.4, 0.5) is 34.1 Å². The van der Waals surface area contributed by atoms with E-state index < -0.39 is 41.8 Å². The highest BCUT2D eigenvalue weighted by Gasteiger charge is 2.41. The molecule has 4 aliphatic heterocycles. The molecule has 6 rings (SSSR count). The topological polar surface area (TPSA) is 144 Å². The van der Waals surface area contributed by atoms with E-state index in [0.717, 1.165) is 49.7 Å². The maximum atomic E-state index is 14.2. The molecule has 17 heteroatoms. The van der Waals surface area contributed by atoms with Crippen molar-refractivity contribution >= 4 is 41.0 Å². The Balaban J connectivity index is 1.10. The number of nitrogen functional groups attached to an aromatic ring is 1. The first kappa shape index (κ1) is 42.8. The maximum absolute atomic E-state index is 14.2. The van der Waals surface area contributed by atoms with Gasteiger partial charge in [-0.25, -0.2) is 9.59 Å². The number of carbonyl (C=O) groups is 3. The van der Waals surface area contributed by atoms with Gasteiger partial charge >= 0.3 is 18.3 Å². The first-order valence-corrected chi connectivity index (χ1v) is 20.3. The maximum Gasteiger partial charge on any atom is 0.418 e. The molecule has 0 aromatic heterocycles. The fourth-order valence-electron chi connectivity index (χ4n) is 8.61. The second-order valence-electron chi connectivity index (χ2n) is 15.8. The molecule has 1 unspecified atom stereocenters. The van der Waals surface area contributed by atoms with E-state index in [1.54, 1.807) is 9.80 Å². The number of likely N-dealkylation sites (tertiary alicyclic amines) is 3. The van der Waals surface area contributed by atoms with E-state index in [0.29, 0.717) is 58.3 Å². The number of nitrogens with zero attached hydrogens (tertiary/aromatic N) is 5. The molecule has 0 spiro atoms. The number of nitrogens with two attached hydrogens (primary N) is 1. The molecule has 3 atom stereocenters. The minimum absolute atomic E-state index is 0.0499. The number of carbonyl (C=O) groups excluding carboxylic acids is 3. The third-order valence-electron chi connectivity index (χ3n) is 11.7. The fourth-order valence-corrected chi connectivity index (χ4v) is 8.85. The highest BCUT2D eigenvalue weighted by atomic mass is 35.5. The van der Waals surface area contributed by atoms with Crippen LogP contribution in [0.5, 0.6) is 0 Å². The van der Waals surface area contributed by atoms with E-state index >= 15 is 0 Å². The molecule has 0 bridgehead atoms. The van der Waals surface area contributed by atoms with Crippen molar-refractivity contribution in [1.29, 1.82) is 0 Å². The summed E-state index contributed by atoms with van der Waals surface area (Å²) >= 11 is 6.15. The van der Waals surface area contributed by atoms with Gasteiger partial charge in [0.2, 0.25) is 0 Å². The van der Waals surface area contributed by atoms with E-state index in [1.165, 1.54) is 11.0 Å². The number of piperidine rings is 2. The molecule has 13 nitrogen and oxygen atoms in total. The van der Waals surface area contributed by atoms with Gasteiger partial charge in [0.05, 0.1) is 28.9 Å². The Morgan fingerprint density at radius 1 is 1.00 bits per heavy atom. The van der Waals surface area contributed by atoms with Gasteiger partial charge in [-0.05, 0) is 108 Å². The van der Waals surface area contributed by atoms with Crippen LogP contribution in [0.2, 0.25) is 5.02 Å². The monoisotopic (exact) mass is 821 g/mol. The summed E-state index contributed by atoms with van der Waals surface area (Å²) in [6.07, 6.45) is -2.86. The Bertz CT molecular complexity index is 1720. The van der Waals surface area contributed by atoms with E-state index in [1.807, 2.05) is 38.4 Å². The summed E-state index contributed by atoms with van der Waals surface area (Å²) in [5.41, 5.74) is 5.82. The van der Waals surface area contributed by atoms with Crippen LogP contribution in [0.3, 0.4) is 0 Å². The number of alkyl halides is 3. The molecule has 0 saturated carbocycles. The molecule has 3 fully saturated rings. The Kier molecular flexibility index (Phi) is 14.1. The molecule has 57 heavy (non-hydrogen) atoms. The molecule has 0 radical (unpaired) electrons. The van der Waals surface area contributed by atoms with Gasteiger partial charge in [0.25, 0.3) is 5.91 Å². The quantitative estimate of drug-likeness (QED) is 0.148. The van der Waals surface area contributed by atoms with E-state index in [9.17, 15) is 32.7 Å². The minimum atomic E-state index is -4.79. The molecular weight excluding hydrogens is 767 g/mol. The predicted molar refractivity (Wildman–Crippen MR) is 210 cm³/mol. The number of benzene rings is 2. The van der Waals surface area contributed by atoms with Gasteiger partial charge < -0.3 is 45.2 Å². The molecule has 3 saturated heterocycles. The van der Waals surface area contributed by atoms with Gasteiger partial charge in [0.15, 0.2) is 12.4 Å². The Hall–Kier alpha value is -3.83. The van der Waals surface area contributed by atoms with Crippen molar-refractivity contribution in [3.63, 3.8) is 0 Å². The number of urea groups is 1. The van der Waals surface area contributed by atoms with E-state index in [4.69, 9.17) is 26.8 Å². The molecule has 4 N–H and O–H groups in total. The second kappa shape index (κ2) is 18.8. The van der Waals surface area contributed by atoms with Gasteiger partial charge in [0, 0.05) is 56.9 Å². The summed E-state index contributed by atoms with van der Waals surface area (Å²) in [4.78, 5) is 50.2. The van der Waals surface area contributed by atoms with Crippen molar-refractivity contribution in [2.45, 2.75) is 94.5 Å². The summed E-state index contributed by atoms with van der Waals surface area (Å²) in [5.74, 6) is -0.513. The van der Waals surface area contributed by atoms with Gasteiger partial charge in [-0.2, -0.15) is 13.2 Å². The normalized spacial score (nSPS) is 21.3. The summed E-state index contributed by atoms with van der Waals surface area (Å²) < 4.78 is 53.4. The Morgan fingerprint density at radius 2 is 1.68 bits per heavy atom. The van der Waals surface area contributed by atoms with Crippen LogP contribution in [0.25, 0.3) is 0 Å². The zero-order chi connectivity index (χ0) is 40.9. The largest absolute Gasteiger partial charge is 0.436 e. The molecule has 0 aliphatic carbocycles. The van der Waals surface area contributed by atoms with Gasteiger partial charge in [0.1, 0.15) is 0 Å². The lowest BCUT2D eigenvalue weighted by Gasteiger charge is -2.41. The molecule has 4 amide bonds. The predicted octanol–water partition coefficient (Wildman–Crippen LogP) is 5.29. The fraction of sp³-hybridized carbons (Fsp3) is 0.625. The van der Waals surface area contributed by atoms with Crippen LogP contribution in [-0.4, -0.2) is 145 Å². The van der Waals surface area contributed by atoms with Crippen molar-refractivity contribution in [3.8, 4) is 0 Å². The van der Waals surface area contributed by atoms with Crippen LogP contribution < -0.4 is 11.1 Å². The van der Waals surface area contributed by atoms with E-state index in [2.05, 4.69) is 15.1 Å². The number of hydrogen-bond acceptors (Lipinski definition) is 9. The second-order valence-corrected chi connectivity index (χ2v) is 16.2. The molecule has 314 valence electrons. The zero-order valence-corrected chi connectivity index (χ0v) is 33.4. The summed E-state index contributed by atoms with van der Waals surface area (Å²) in [5, 5.41) is 13.6. The minimum Gasteiger partial charge on any atom is -0.436 e. The molecule has 2 aromatic carbocycles. The van der Waals surface area contributed by atoms with Crippen LogP contribution >= 0.6 is 11.6 Å². The van der Waals surface area contributed by atoms with Crippen LogP contribution in [0.1, 0.15) is 61.6 Å². The molecule has 4 aliphatic rings. The Morgan fingerprint density at radius 3 is 2.39 bits per heavy atom. The zero-order valence-electron chi connectivity index (χ0n) is 32.7. The van der Waals surface area contributed by atoms with Crippen LogP contribution in [-0.2, 0) is 33.3 Å². The summed E-state index contributed by atoms with van der Waals surface area (Å²) in [6, 6.07) is 9.40. The number of anilines is 2. The third kappa shape index (κ3) is 10.6. The lowest BCUT2D eigenvalue weighted by atomic mass is 9.99. The lowest BCUT2D eigenvalue weighted by molar-refractivity contribution is -0.149. The molecular formula is C40H55ClF3N7O6. The highest BCUT2D eigenvalue weighted by Crippen LogP contribution is 2.38. The molecule has 4 heterocycles. The first-order valence-electron chi connectivity index (χ1n) is 19.9. The number of aliphatic hydroxyl groups is 1. The standard InChI is InChI=1S/C40H55ClF3N7O6/c1-47(2)15-6-22-56-37(53)33-9-5-16-50(33)28-11-17-48(18-12-28)36(52)34(25-26-23-30(40(42,43)44)35(45)31(41)24-26)57-39(55)49-19-13-29(14-20-49)51-21-10-27-7-3-4-8-32(27)46-38(51)54/h3-4,7-8,23-24,28-29,33-34,37,53H,5-6,9-22,25,45H2,1-2H3,(H,46,54)/t33-,34+,37?/m0/s1. The van der Waals surface area contributed by atoms with Crippen molar-refractivity contribution in [3.05, 3.63) is 58.1 Å². The smallest absolute Gasteiger partial charge is 0.418 e. The van der Waals surface area contributed by atoms with Gasteiger partial charge in [-0.15, -0.1) is 0 Å². The highest BCUT2D eigenvalue weighted by molar-refractivity contribution is 6.33. The van der Waals surface area contributed by atoms with Gasteiger partial charge in [-0.3, -0.25) is 9.69 Å². The van der Waals surface area contributed by atoms with Crippen molar-refractivity contribution in [2.75, 3.05) is 77.6 Å². The number of nitrogens with one attached hydrogen (secondary N) is 1. The molecule has 2 aromatic rings. The van der Waals surface area contributed by atoms with Crippen molar-refractivity contribution < 1.29 is 42.1 Å². The number of aliphatic hydroxyl groups excluding tert-OH is 1.